The Hall–Kier alpha value is -1.05. The van der Waals surface area contributed by atoms with Crippen molar-refractivity contribution in [2.75, 3.05) is 13.1 Å². The highest BCUT2D eigenvalue weighted by atomic mass is 15.2. The van der Waals surface area contributed by atoms with Crippen LogP contribution in [0.4, 0.5) is 0 Å². The molecule has 0 saturated carbocycles. The summed E-state index contributed by atoms with van der Waals surface area (Å²) < 4.78 is 0. The molecule has 2 heteroatoms. The molecule has 0 aromatic rings. The van der Waals surface area contributed by atoms with E-state index in [1.54, 1.807) is 0 Å². The summed E-state index contributed by atoms with van der Waals surface area (Å²) >= 11 is 0. The van der Waals surface area contributed by atoms with Crippen molar-refractivity contribution >= 4 is 6.72 Å². The lowest BCUT2D eigenvalue weighted by Gasteiger charge is -2.32. The maximum atomic E-state index is 3.93. The molecule has 0 spiro atoms. The van der Waals surface area contributed by atoms with Gasteiger partial charge in [0.2, 0.25) is 0 Å². The summed E-state index contributed by atoms with van der Waals surface area (Å²) in [4.78, 5) is 6.12. The standard InChI is InChI=1S/C9H14N2/c1-8(2)7-9(10-3)11-5-4-6-11/h7H,1,3-6H2,2H3/b9-7+. The van der Waals surface area contributed by atoms with Crippen LogP contribution >= 0.6 is 0 Å². The van der Waals surface area contributed by atoms with E-state index in [1.807, 2.05) is 13.0 Å². The second kappa shape index (κ2) is 3.37. The molecule has 1 fully saturated rings. The predicted octanol–water partition coefficient (Wildman–Crippen LogP) is 1.81. The van der Waals surface area contributed by atoms with Gasteiger partial charge in [-0.2, -0.15) is 0 Å². The molecule has 0 radical (unpaired) electrons. The average Bonchev–Trinajstić information content (AvgIpc) is 1.81. The van der Waals surface area contributed by atoms with Crippen LogP contribution in [0, 0.1) is 0 Å². The third kappa shape index (κ3) is 1.93. The molecule has 0 aliphatic carbocycles. The molecule has 1 aliphatic rings. The molecule has 0 aromatic heterocycles. The Kier molecular flexibility index (Phi) is 2.47. The highest BCUT2D eigenvalue weighted by Gasteiger charge is 2.15. The van der Waals surface area contributed by atoms with Crippen LogP contribution in [0.1, 0.15) is 13.3 Å². The van der Waals surface area contributed by atoms with E-state index in [9.17, 15) is 0 Å². The minimum absolute atomic E-state index is 0.962. The number of hydrogen-bond acceptors (Lipinski definition) is 2. The fraction of sp³-hybridized carbons (Fsp3) is 0.444. The SMILES string of the molecule is C=N/C(=C\C(=C)C)N1CCC1. The van der Waals surface area contributed by atoms with Gasteiger partial charge in [0.05, 0.1) is 0 Å². The number of aliphatic imine (C=N–C) groups is 1. The number of nitrogens with zero attached hydrogens (tertiary/aromatic N) is 2. The molecule has 0 bridgehead atoms. The zero-order chi connectivity index (χ0) is 8.27. The first kappa shape index (κ1) is 8.05. The molecular formula is C9H14N2. The highest BCUT2D eigenvalue weighted by molar-refractivity contribution is 5.31. The Morgan fingerprint density at radius 2 is 2.18 bits per heavy atom. The van der Waals surface area contributed by atoms with Crippen LogP contribution in [0.25, 0.3) is 0 Å². The Morgan fingerprint density at radius 1 is 1.55 bits per heavy atom. The van der Waals surface area contributed by atoms with Crippen molar-refractivity contribution in [3.63, 3.8) is 0 Å². The third-order valence-corrected chi connectivity index (χ3v) is 1.72. The molecule has 0 aromatic carbocycles. The molecule has 2 nitrogen and oxygen atoms in total. The fourth-order valence-corrected chi connectivity index (χ4v) is 1.00. The van der Waals surface area contributed by atoms with E-state index in [4.69, 9.17) is 0 Å². The van der Waals surface area contributed by atoms with Crippen molar-refractivity contribution in [3.05, 3.63) is 24.0 Å². The minimum Gasteiger partial charge on any atom is -0.357 e. The first-order valence-electron chi connectivity index (χ1n) is 3.83. The first-order chi connectivity index (χ1) is 5.24. The molecular weight excluding hydrogens is 136 g/mol. The van der Waals surface area contributed by atoms with Crippen LogP contribution < -0.4 is 0 Å². The predicted molar refractivity (Wildman–Crippen MR) is 48.6 cm³/mol. The van der Waals surface area contributed by atoms with Crippen LogP contribution in [0.15, 0.2) is 29.0 Å². The van der Waals surface area contributed by atoms with E-state index >= 15 is 0 Å². The van der Waals surface area contributed by atoms with E-state index in [2.05, 4.69) is 23.2 Å². The van der Waals surface area contributed by atoms with E-state index < -0.39 is 0 Å². The van der Waals surface area contributed by atoms with Gasteiger partial charge in [-0.1, -0.05) is 12.2 Å². The van der Waals surface area contributed by atoms with Crippen molar-refractivity contribution in [1.82, 2.24) is 4.90 Å². The van der Waals surface area contributed by atoms with E-state index in [0.717, 1.165) is 24.5 Å². The summed E-state index contributed by atoms with van der Waals surface area (Å²) in [5.41, 5.74) is 1.03. The summed E-state index contributed by atoms with van der Waals surface area (Å²) in [5.74, 6) is 0.962. The Balaban J connectivity index is 2.60. The lowest BCUT2D eigenvalue weighted by Crippen LogP contribution is -2.35. The van der Waals surface area contributed by atoms with Gasteiger partial charge in [-0.25, -0.2) is 4.99 Å². The second-order valence-corrected chi connectivity index (χ2v) is 2.85. The Labute approximate surface area is 67.9 Å². The summed E-state index contributed by atoms with van der Waals surface area (Å²) in [6, 6.07) is 0. The number of rotatable bonds is 3. The Morgan fingerprint density at radius 3 is 2.45 bits per heavy atom. The number of likely N-dealkylation sites (tertiary alicyclic amines) is 1. The van der Waals surface area contributed by atoms with Gasteiger partial charge in [-0.05, 0) is 26.1 Å². The highest BCUT2D eigenvalue weighted by Crippen LogP contribution is 2.16. The van der Waals surface area contributed by atoms with Gasteiger partial charge in [0.15, 0.2) is 0 Å². The summed E-state index contributed by atoms with van der Waals surface area (Å²) in [6.45, 7) is 11.5. The molecule has 1 rings (SSSR count). The maximum Gasteiger partial charge on any atom is 0.127 e. The Bertz CT molecular complexity index is 200. The van der Waals surface area contributed by atoms with Crippen molar-refractivity contribution < 1.29 is 0 Å². The van der Waals surface area contributed by atoms with Crippen molar-refractivity contribution in [2.24, 2.45) is 4.99 Å². The molecule has 60 valence electrons. The molecule has 1 heterocycles. The fourth-order valence-electron chi connectivity index (χ4n) is 1.00. The van der Waals surface area contributed by atoms with E-state index in [1.165, 1.54) is 6.42 Å². The van der Waals surface area contributed by atoms with Crippen molar-refractivity contribution in [3.8, 4) is 0 Å². The van der Waals surface area contributed by atoms with Crippen molar-refractivity contribution in [2.45, 2.75) is 13.3 Å². The topological polar surface area (TPSA) is 15.6 Å². The lowest BCUT2D eigenvalue weighted by molar-refractivity contribution is 0.237. The van der Waals surface area contributed by atoms with Crippen LogP contribution in [-0.2, 0) is 0 Å². The molecule has 1 aliphatic heterocycles. The van der Waals surface area contributed by atoms with Crippen LogP contribution in [0.2, 0.25) is 0 Å². The molecule has 0 unspecified atom stereocenters. The number of allylic oxidation sites excluding steroid dienone is 2. The van der Waals surface area contributed by atoms with Gasteiger partial charge in [0.25, 0.3) is 0 Å². The van der Waals surface area contributed by atoms with Gasteiger partial charge in [0.1, 0.15) is 5.82 Å². The average molecular weight is 150 g/mol. The van der Waals surface area contributed by atoms with Crippen LogP contribution in [-0.4, -0.2) is 24.7 Å². The largest absolute Gasteiger partial charge is 0.357 e. The van der Waals surface area contributed by atoms with Gasteiger partial charge >= 0.3 is 0 Å². The zero-order valence-electron chi connectivity index (χ0n) is 7.01. The second-order valence-electron chi connectivity index (χ2n) is 2.85. The van der Waals surface area contributed by atoms with Crippen LogP contribution in [0.5, 0.6) is 0 Å². The summed E-state index contributed by atoms with van der Waals surface area (Å²) in [7, 11) is 0. The molecule has 11 heavy (non-hydrogen) atoms. The van der Waals surface area contributed by atoms with E-state index in [0.29, 0.717) is 0 Å². The number of hydrogen-bond donors (Lipinski definition) is 0. The quantitative estimate of drug-likeness (QED) is 0.442. The third-order valence-electron chi connectivity index (χ3n) is 1.72. The van der Waals surface area contributed by atoms with Crippen LogP contribution in [0.3, 0.4) is 0 Å². The summed E-state index contributed by atoms with van der Waals surface area (Å²) in [6.07, 6.45) is 3.23. The molecule has 1 saturated heterocycles. The van der Waals surface area contributed by atoms with Gasteiger partial charge in [-0.15, -0.1) is 0 Å². The summed E-state index contributed by atoms with van der Waals surface area (Å²) in [5, 5.41) is 0. The minimum atomic E-state index is 0.962. The molecule has 0 amide bonds. The first-order valence-corrected chi connectivity index (χ1v) is 3.83. The maximum absolute atomic E-state index is 3.93. The monoisotopic (exact) mass is 150 g/mol. The zero-order valence-corrected chi connectivity index (χ0v) is 7.01. The normalized spacial score (nSPS) is 17.5. The molecule has 0 atom stereocenters. The lowest BCUT2D eigenvalue weighted by atomic mass is 10.2. The van der Waals surface area contributed by atoms with Gasteiger partial charge in [-0.3, -0.25) is 0 Å². The smallest absolute Gasteiger partial charge is 0.127 e. The molecule has 0 N–H and O–H groups in total. The van der Waals surface area contributed by atoms with Gasteiger partial charge in [0, 0.05) is 13.1 Å². The van der Waals surface area contributed by atoms with Crippen molar-refractivity contribution in [1.29, 1.82) is 0 Å². The van der Waals surface area contributed by atoms with Gasteiger partial charge < -0.3 is 4.90 Å². The van der Waals surface area contributed by atoms with E-state index in [-0.39, 0.29) is 0 Å².